The van der Waals surface area contributed by atoms with Gasteiger partial charge in [-0.3, -0.25) is 0 Å². The molecule has 0 spiro atoms. The fourth-order valence-corrected chi connectivity index (χ4v) is 3.02. The Morgan fingerprint density at radius 2 is 2.08 bits per heavy atom. The van der Waals surface area contributed by atoms with Crippen molar-refractivity contribution in [2.24, 2.45) is 11.3 Å². The minimum Gasteiger partial charge on any atom is -0.669 e. The minimum absolute atomic E-state index is 0.434. The molecule has 1 aliphatic carbocycles. The monoisotopic (exact) mass is 189 g/mol. The van der Waals surface area contributed by atoms with E-state index < -0.39 is 8.96 Å². The second-order valence-electron chi connectivity index (χ2n) is 4.89. The third-order valence-electron chi connectivity index (χ3n) is 2.69. The lowest BCUT2D eigenvalue weighted by Crippen LogP contribution is -2.37. The Morgan fingerprint density at radius 3 is 2.58 bits per heavy atom. The first-order chi connectivity index (χ1) is 5.53. The van der Waals surface area contributed by atoms with Crippen molar-refractivity contribution in [3.63, 3.8) is 0 Å². The highest BCUT2D eigenvalue weighted by Gasteiger charge is 2.32. The van der Waals surface area contributed by atoms with Crippen molar-refractivity contribution in [2.75, 3.05) is 0 Å². The van der Waals surface area contributed by atoms with Crippen molar-refractivity contribution in [3.05, 3.63) is 0 Å². The van der Waals surface area contributed by atoms with Gasteiger partial charge in [-0.25, -0.2) is 0 Å². The van der Waals surface area contributed by atoms with Gasteiger partial charge in [0.25, 0.3) is 0 Å². The molecule has 2 nitrogen and oxygen atoms in total. The Hall–Kier alpha value is 0.350. The quantitative estimate of drug-likeness (QED) is 0.666. The minimum atomic E-state index is -0.774. The van der Waals surface area contributed by atoms with E-state index in [0.717, 1.165) is 5.92 Å². The van der Waals surface area contributed by atoms with Gasteiger partial charge >= 0.3 is 0 Å². The maximum absolute atomic E-state index is 10.5. The summed E-state index contributed by atoms with van der Waals surface area (Å²) in [6.07, 6.45) is 3.67. The van der Waals surface area contributed by atoms with Gasteiger partial charge in [0.05, 0.1) is 0 Å². The maximum atomic E-state index is 10.5. The molecule has 0 radical (unpaired) electrons. The first-order valence-electron chi connectivity index (χ1n) is 4.73. The number of rotatable bonds is 2. The molecule has 1 N–H and O–H groups in total. The molecule has 1 rings (SSSR count). The number of hydrogen-bond acceptors (Lipinski definition) is 2. The molecule has 0 saturated heterocycles. The summed E-state index contributed by atoms with van der Waals surface area (Å²) in [5.74, 6) is 0.775. The fraction of sp³-hybridized carbons (Fsp3) is 1.00. The van der Waals surface area contributed by atoms with Crippen LogP contribution in [0.1, 0.15) is 40.0 Å². The molecule has 1 saturated carbocycles. The summed E-state index contributed by atoms with van der Waals surface area (Å²) in [5.41, 5.74) is 0.434. The van der Waals surface area contributed by atoms with Crippen LogP contribution >= 0.6 is 8.96 Å². The molecule has 1 aliphatic rings. The lowest BCUT2D eigenvalue weighted by Gasteiger charge is -2.38. The summed E-state index contributed by atoms with van der Waals surface area (Å²) < 4.78 is 0. The zero-order valence-corrected chi connectivity index (χ0v) is 9.42. The van der Waals surface area contributed by atoms with Crippen molar-refractivity contribution >= 4 is 8.96 Å². The summed E-state index contributed by atoms with van der Waals surface area (Å²) in [6, 6.07) is 0.497. The zero-order valence-electron chi connectivity index (χ0n) is 8.26. The first kappa shape index (κ1) is 10.4. The van der Waals surface area contributed by atoms with Gasteiger partial charge < -0.3 is 4.89 Å². The van der Waals surface area contributed by atoms with E-state index in [1.54, 1.807) is 0 Å². The van der Waals surface area contributed by atoms with Gasteiger partial charge in [-0.2, -0.15) is 5.09 Å². The van der Waals surface area contributed by atoms with Crippen molar-refractivity contribution < 1.29 is 4.89 Å². The fourth-order valence-electron chi connectivity index (χ4n) is 2.57. The normalized spacial score (nSPS) is 36.0. The highest BCUT2D eigenvalue weighted by molar-refractivity contribution is 7.26. The highest BCUT2D eigenvalue weighted by Crippen LogP contribution is 2.38. The molecule has 12 heavy (non-hydrogen) atoms. The summed E-state index contributed by atoms with van der Waals surface area (Å²) in [4.78, 5) is 10.5. The second-order valence-corrected chi connectivity index (χ2v) is 5.46. The van der Waals surface area contributed by atoms with Gasteiger partial charge in [0.1, 0.15) is 0 Å². The Bertz CT molecular complexity index is 149. The van der Waals surface area contributed by atoms with E-state index in [1.165, 1.54) is 19.3 Å². The van der Waals surface area contributed by atoms with E-state index in [2.05, 4.69) is 25.9 Å². The number of hydrogen-bond donors (Lipinski definition) is 1. The van der Waals surface area contributed by atoms with Crippen LogP contribution < -0.4 is 9.98 Å². The van der Waals surface area contributed by atoms with Gasteiger partial charge in [0.2, 0.25) is 0 Å². The molecule has 0 aromatic rings. The molecule has 3 unspecified atom stereocenters. The van der Waals surface area contributed by atoms with E-state index in [9.17, 15) is 4.89 Å². The largest absolute Gasteiger partial charge is 0.669 e. The summed E-state index contributed by atoms with van der Waals surface area (Å²) in [6.45, 7) is 6.89. The van der Waals surface area contributed by atoms with Crippen LogP contribution in [-0.4, -0.2) is 6.04 Å². The van der Waals surface area contributed by atoms with E-state index in [1.807, 2.05) is 0 Å². The Labute approximate surface area is 77.1 Å². The molecule has 0 aliphatic heterocycles. The van der Waals surface area contributed by atoms with Crippen LogP contribution in [0.4, 0.5) is 0 Å². The van der Waals surface area contributed by atoms with Crippen molar-refractivity contribution in [1.29, 1.82) is 0 Å². The standard InChI is InChI=1S/C9H20NOP/c1-7-4-8(10-12-11)6-9(2,3)5-7/h7-8,10H,4-6,12H2,1-3H3. The molecule has 3 heteroatoms. The average Bonchev–Trinajstić information content (AvgIpc) is 1.82. The molecule has 0 amide bonds. The SMILES string of the molecule is CC1CC(N[PH2+][O-])CC(C)(C)C1. The van der Waals surface area contributed by atoms with E-state index in [0.29, 0.717) is 11.5 Å². The molecule has 0 aromatic carbocycles. The maximum Gasteiger partial charge on any atom is 0.0414 e. The van der Waals surface area contributed by atoms with Crippen LogP contribution in [0.3, 0.4) is 0 Å². The Balaban J connectivity index is 2.46. The summed E-state index contributed by atoms with van der Waals surface area (Å²) in [5, 5.41) is 3.10. The van der Waals surface area contributed by atoms with E-state index >= 15 is 0 Å². The van der Waals surface area contributed by atoms with Crippen LogP contribution in [0.15, 0.2) is 0 Å². The molecule has 0 bridgehead atoms. The smallest absolute Gasteiger partial charge is 0.0414 e. The Morgan fingerprint density at radius 1 is 1.42 bits per heavy atom. The van der Waals surface area contributed by atoms with E-state index in [4.69, 9.17) is 0 Å². The molecule has 3 atom stereocenters. The average molecular weight is 189 g/mol. The molecule has 1 fully saturated rings. The molecular weight excluding hydrogens is 169 g/mol. The molecule has 0 aromatic heterocycles. The summed E-state index contributed by atoms with van der Waals surface area (Å²) in [7, 11) is -0.774. The topological polar surface area (TPSA) is 35.1 Å². The van der Waals surface area contributed by atoms with Crippen molar-refractivity contribution in [1.82, 2.24) is 5.09 Å². The van der Waals surface area contributed by atoms with Crippen LogP contribution in [0.25, 0.3) is 0 Å². The highest BCUT2D eigenvalue weighted by atomic mass is 31.1. The zero-order chi connectivity index (χ0) is 9.19. The third kappa shape index (κ3) is 3.01. The van der Waals surface area contributed by atoms with Gasteiger partial charge in [0.15, 0.2) is 0 Å². The lowest BCUT2D eigenvalue weighted by atomic mass is 9.71. The van der Waals surface area contributed by atoms with E-state index in [-0.39, 0.29) is 0 Å². The third-order valence-corrected chi connectivity index (χ3v) is 3.30. The van der Waals surface area contributed by atoms with Gasteiger partial charge in [-0.1, -0.05) is 20.8 Å². The van der Waals surface area contributed by atoms with Gasteiger partial charge in [-0.15, -0.1) is 0 Å². The molecule has 72 valence electrons. The van der Waals surface area contributed by atoms with Gasteiger partial charge in [-0.05, 0) is 30.6 Å². The van der Waals surface area contributed by atoms with Crippen molar-refractivity contribution in [2.45, 2.75) is 46.1 Å². The molecular formula is C9H20NOP. The predicted octanol–water partition coefficient (Wildman–Crippen LogP) is 1.39. The van der Waals surface area contributed by atoms with Crippen LogP contribution in [0.5, 0.6) is 0 Å². The van der Waals surface area contributed by atoms with Crippen LogP contribution in [0.2, 0.25) is 0 Å². The Kier molecular flexibility index (Phi) is 3.51. The molecule has 0 heterocycles. The first-order valence-corrected chi connectivity index (χ1v) is 5.78. The lowest BCUT2D eigenvalue weighted by molar-refractivity contribution is -0.153. The van der Waals surface area contributed by atoms with Crippen LogP contribution in [0, 0.1) is 11.3 Å². The second kappa shape index (κ2) is 4.04. The summed E-state index contributed by atoms with van der Waals surface area (Å²) >= 11 is 0. The van der Waals surface area contributed by atoms with Gasteiger partial charge in [0, 0.05) is 15.0 Å². The van der Waals surface area contributed by atoms with Crippen LogP contribution in [-0.2, 0) is 0 Å². The van der Waals surface area contributed by atoms with Crippen molar-refractivity contribution in [3.8, 4) is 0 Å². The number of nitrogens with one attached hydrogen (secondary N) is 1. The predicted molar refractivity (Wildman–Crippen MR) is 53.4 cm³/mol.